The molecule has 42 heavy (non-hydrogen) atoms. The van der Waals surface area contributed by atoms with Gasteiger partial charge < -0.3 is 9.32 Å². The fourth-order valence-corrected chi connectivity index (χ4v) is 8.28. The highest BCUT2D eigenvalue weighted by Crippen LogP contribution is 2.46. The van der Waals surface area contributed by atoms with Gasteiger partial charge in [-0.05, 0) is 54.6 Å². The van der Waals surface area contributed by atoms with Gasteiger partial charge in [0.15, 0.2) is 5.58 Å². The van der Waals surface area contributed by atoms with Crippen molar-refractivity contribution in [2.24, 2.45) is 0 Å². The average Bonchev–Trinajstić information content (AvgIpc) is 3.75. The summed E-state index contributed by atoms with van der Waals surface area (Å²) in [7, 11) is 0. The number of rotatable bonds is 4. The highest BCUT2D eigenvalue weighted by atomic mass is 32.1. The number of thiophene rings is 1. The van der Waals surface area contributed by atoms with E-state index in [1.165, 1.54) is 24.9 Å². The average molecular weight is 575 g/mol. The molecular weight excluding hydrogens is 553 g/mol. The lowest BCUT2D eigenvalue weighted by molar-refractivity contribution is 0.669. The first-order valence-corrected chi connectivity index (χ1v) is 15.5. The molecule has 0 aliphatic carbocycles. The Balaban J connectivity index is 1.30. The standard InChI is InChI=1S/C37H22N2OS2/c1-3-10-23(11-4-1)37-38-29-19-21-33-34(36(29)42-37)28-22-25(18-20-32(28)41-33)39(24-12-5-2-6-13-24)30-16-9-15-27-26-14-7-8-17-31(26)40-35(27)30/h1-22H. The second kappa shape index (κ2) is 9.28. The molecule has 0 fully saturated rings. The van der Waals surface area contributed by atoms with E-state index < -0.39 is 0 Å². The molecular formula is C37H22N2OS2. The van der Waals surface area contributed by atoms with Crippen LogP contribution in [0.25, 0.3) is 62.9 Å². The van der Waals surface area contributed by atoms with E-state index >= 15 is 0 Å². The van der Waals surface area contributed by atoms with Crippen LogP contribution in [-0.4, -0.2) is 4.98 Å². The molecule has 0 aliphatic heterocycles. The summed E-state index contributed by atoms with van der Waals surface area (Å²) in [6.45, 7) is 0. The van der Waals surface area contributed by atoms with Crippen LogP contribution in [0.1, 0.15) is 0 Å². The van der Waals surface area contributed by atoms with Crippen molar-refractivity contribution < 1.29 is 4.42 Å². The highest BCUT2D eigenvalue weighted by Gasteiger charge is 2.21. The molecule has 0 bridgehead atoms. The first-order chi connectivity index (χ1) is 20.8. The summed E-state index contributed by atoms with van der Waals surface area (Å²) >= 11 is 3.62. The monoisotopic (exact) mass is 574 g/mol. The highest BCUT2D eigenvalue weighted by molar-refractivity contribution is 7.28. The maximum Gasteiger partial charge on any atom is 0.159 e. The topological polar surface area (TPSA) is 29.3 Å². The zero-order valence-corrected chi connectivity index (χ0v) is 24.0. The fraction of sp³-hybridized carbons (Fsp3) is 0. The molecule has 6 aromatic carbocycles. The van der Waals surface area contributed by atoms with Crippen LogP contribution >= 0.6 is 22.7 Å². The normalized spacial score (nSPS) is 11.8. The minimum absolute atomic E-state index is 0.884. The fourth-order valence-electron chi connectivity index (χ4n) is 5.99. The van der Waals surface area contributed by atoms with Gasteiger partial charge in [-0.25, -0.2) is 4.98 Å². The number of nitrogens with zero attached hydrogens (tertiary/aromatic N) is 2. The first-order valence-electron chi connectivity index (χ1n) is 13.9. The molecule has 3 aromatic heterocycles. The Bertz CT molecular complexity index is 2420. The van der Waals surface area contributed by atoms with Crippen molar-refractivity contribution in [2.45, 2.75) is 0 Å². The van der Waals surface area contributed by atoms with Crippen molar-refractivity contribution in [1.82, 2.24) is 4.98 Å². The summed E-state index contributed by atoms with van der Waals surface area (Å²) in [5.41, 5.74) is 7.17. The summed E-state index contributed by atoms with van der Waals surface area (Å²) in [5.74, 6) is 0. The van der Waals surface area contributed by atoms with Gasteiger partial charge >= 0.3 is 0 Å². The Labute approximate surface area is 249 Å². The smallest absolute Gasteiger partial charge is 0.159 e. The summed E-state index contributed by atoms with van der Waals surface area (Å²) < 4.78 is 10.3. The molecule has 0 spiro atoms. The van der Waals surface area contributed by atoms with E-state index in [9.17, 15) is 0 Å². The van der Waals surface area contributed by atoms with Gasteiger partial charge in [0, 0.05) is 47.9 Å². The number of fused-ring (bicyclic) bond motifs is 8. The van der Waals surface area contributed by atoms with Crippen molar-refractivity contribution in [3.05, 3.63) is 133 Å². The van der Waals surface area contributed by atoms with E-state index in [1.54, 1.807) is 11.3 Å². The Morgan fingerprint density at radius 2 is 1.33 bits per heavy atom. The van der Waals surface area contributed by atoms with Gasteiger partial charge in [-0.1, -0.05) is 78.9 Å². The maximum absolute atomic E-state index is 6.51. The number of furan rings is 1. The van der Waals surface area contributed by atoms with E-state index in [4.69, 9.17) is 9.40 Å². The third-order valence-electron chi connectivity index (χ3n) is 7.89. The van der Waals surface area contributed by atoms with Crippen molar-refractivity contribution in [3.63, 3.8) is 0 Å². The van der Waals surface area contributed by atoms with Gasteiger partial charge in [0.25, 0.3) is 0 Å². The second-order valence-corrected chi connectivity index (χ2v) is 12.5. The maximum atomic E-state index is 6.51. The number of hydrogen-bond acceptors (Lipinski definition) is 5. The molecule has 9 rings (SSSR count). The van der Waals surface area contributed by atoms with E-state index in [2.05, 4.69) is 120 Å². The lowest BCUT2D eigenvalue weighted by Gasteiger charge is -2.25. The Morgan fingerprint density at radius 1 is 0.571 bits per heavy atom. The minimum Gasteiger partial charge on any atom is -0.454 e. The van der Waals surface area contributed by atoms with Crippen LogP contribution in [0.4, 0.5) is 17.1 Å². The molecule has 3 heterocycles. The minimum atomic E-state index is 0.884. The van der Waals surface area contributed by atoms with Gasteiger partial charge in [-0.15, -0.1) is 22.7 Å². The molecule has 0 aliphatic rings. The SMILES string of the molecule is c1ccc(-c2nc3ccc4sc5ccc(N(c6ccccc6)c6cccc7c6oc6ccccc67)cc5c4c3s2)cc1. The van der Waals surface area contributed by atoms with E-state index in [0.29, 0.717) is 0 Å². The predicted octanol–water partition coefficient (Wildman–Crippen LogP) is 11.7. The lowest BCUT2D eigenvalue weighted by atomic mass is 10.1. The number of thiazole rings is 1. The third kappa shape index (κ3) is 3.61. The quantitative estimate of drug-likeness (QED) is 0.209. The van der Waals surface area contributed by atoms with Crippen LogP contribution < -0.4 is 4.90 Å². The molecule has 0 N–H and O–H groups in total. The Hall–Kier alpha value is -4.97. The molecule has 0 amide bonds. The molecule has 198 valence electrons. The molecule has 0 unspecified atom stereocenters. The van der Waals surface area contributed by atoms with Crippen molar-refractivity contribution >= 4 is 92.1 Å². The molecule has 5 heteroatoms. The molecule has 0 radical (unpaired) electrons. The largest absolute Gasteiger partial charge is 0.454 e. The van der Waals surface area contributed by atoms with Crippen LogP contribution in [0.3, 0.4) is 0 Å². The number of para-hydroxylation sites is 3. The second-order valence-electron chi connectivity index (χ2n) is 10.4. The van der Waals surface area contributed by atoms with Crippen LogP contribution in [0.2, 0.25) is 0 Å². The van der Waals surface area contributed by atoms with E-state index in [1.807, 2.05) is 29.5 Å². The summed E-state index contributed by atoms with van der Waals surface area (Å²) in [5, 5.41) is 5.83. The van der Waals surface area contributed by atoms with Gasteiger partial charge in [0.2, 0.25) is 0 Å². The number of aromatic nitrogens is 1. The summed E-state index contributed by atoms with van der Waals surface area (Å²) in [6.07, 6.45) is 0. The number of anilines is 3. The lowest BCUT2D eigenvalue weighted by Crippen LogP contribution is -2.09. The van der Waals surface area contributed by atoms with Gasteiger partial charge in [0.05, 0.1) is 15.9 Å². The van der Waals surface area contributed by atoms with Gasteiger partial charge in [0.1, 0.15) is 10.6 Å². The summed E-state index contributed by atoms with van der Waals surface area (Å²) in [4.78, 5) is 7.34. The van der Waals surface area contributed by atoms with Crippen molar-refractivity contribution in [2.75, 3.05) is 4.90 Å². The number of hydrogen-bond donors (Lipinski definition) is 0. The van der Waals surface area contributed by atoms with E-state index in [-0.39, 0.29) is 0 Å². The van der Waals surface area contributed by atoms with Crippen LogP contribution in [0.15, 0.2) is 138 Å². The molecule has 0 saturated heterocycles. The van der Waals surface area contributed by atoms with Crippen molar-refractivity contribution in [3.8, 4) is 10.6 Å². The Morgan fingerprint density at radius 3 is 2.21 bits per heavy atom. The first kappa shape index (κ1) is 23.7. The zero-order chi connectivity index (χ0) is 27.6. The van der Waals surface area contributed by atoms with E-state index in [0.717, 1.165) is 55.1 Å². The Kier molecular flexibility index (Phi) is 5.24. The van der Waals surface area contributed by atoms with Gasteiger partial charge in [-0.3, -0.25) is 0 Å². The van der Waals surface area contributed by atoms with Crippen LogP contribution in [0.5, 0.6) is 0 Å². The molecule has 3 nitrogen and oxygen atoms in total. The third-order valence-corrected chi connectivity index (χ3v) is 10.2. The van der Waals surface area contributed by atoms with Crippen LogP contribution in [-0.2, 0) is 0 Å². The molecule has 9 aromatic rings. The number of benzene rings is 6. The predicted molar refractivity (Wildman–Crippen MR) is 180 cm³/mol. The van der Waals surface area contributed by atoms with Gasteiger partial charge in [-0.2, -0.15) is 0 Å². The zero-order valence-electron chi connectivity index (χ0n) is 22.3. The molecule has 0 saturated carbocycles. The molecule has 0 atom stereocenters. The van der Waals surface area contributed by atoms with Crippen LogP contribution in [0, 0.1) is 0 Å². The van der Waals surface area contributed by atoms with Crippen molar-refractivity contribution in [1.29, 1.82) is 0 Å². The summed E-state index contributed by atoms with van der Waals surface area (Å²) in [6, 6.07) is 46.9.